The first-order valence-electron chi connectivity index (χ1n) is 5.57. The summed E-state index contributed by atoms with van der Waals surface area (Å²) in [6.07, 6.45) is 5.26. The Kier molecular flexibility index (Phi) is 127. The third-order valence-electron chi connectivity index (χ3n) is 0.818. The molecule has 122 valence electrons. The Hall–Kier alpha value is -0.690. The largest absolute Gasteiger partial charge is 0.399 e. The minimum Gasteiger partial charge on any atom is -0.399 e. The standard InChI is InChI=1S/C4H9NO.C3H9N.C3H6O.CH5NO.CH4.ClH/c1-3-4-5-6-2;2*1-2-3-4;1-3-2;;/h4H,3H2,1-2H3;2-4H2,1H3;3H,2H2,1H3;2H2,1H3;1H4;1H/b5-4+;;;;;. The maximum atomic E-state index is 9.17. The number of halogens is 1. The van der Waals surface area contributed by atoms with Crippen molar-refractivity contribution in [2.75, 3.05) is 20.8 Å². The fourth-order valence-corrected chi connectivity index (χ4v) is 0.149. The monoisotopic (exact) mass is 303 g/mol. The van der Waals surface area contributed by atoms with E-state index in [1.54, 1.807) is 6.21 Å². The molecule has 0 aromatic carbocycles. The number of nitrogens with two attached hydrogens (primary N) is 2. The van der Waals surface area contributed by atoms with E-state index >= 15 is 0 Å². The van der Waals surface area contributed by atoms with Gasteiger partial charge in [0, 0.05) is 12.6 Å². The van der Waals surface area contributed by atoms with Crippen LogP contribution in [0.1, 0.15) is 47.5 Å². The van der Waals surface area contributed by atoms with Crippen LogP contribution >= 0.6 is 12.4 Å². The molecule has 0 radical (unpaired) electrons. The molecule has 0 amide bonds. The quantitative estimate of drug-likeness (QED) is 0.472. The van der Waals surface area contributed by atoms with Crippen LogP contribution in [0.25, 0.3) is 0 Å². The number of aldehydes is 1. The van der Waals surface area contributed by atoms with Crippen molar-refractivity contribution in [3.05, 3.63) is 0 Å². The van der Waals surface area contributed by atoms with Crippen LogP contribution in [0.15, 0.2) is 5.16 Å². The maximum Gasteiger partial charge on any atom is 0.119 e. The van der Waals surface area contributed by atoms with E-state index in [0.29, 0.717) is 6.42 Å². The van der Waals surface area contributed by atoms with Gasteiger partial charge in [0.1, 0.15) is 13.4 Å². The topological polar surface area (TPSA) is 99.9 Å². The van der Waals surface area contributed by atoms with Crippen LogP contribution in [-0.4, -0.2) is 33.3 Å². The zero-order chi connectivity index (χ0) is 14.4. The summed E-state index contributed by atoms with van der Waals surface area (Å²) in [5.74, 6) is 4.35. The Bertz CT molecular complexity index is 121. The van der Waals surface area contributed by atoms with E-state index in [1.165, 1.54) is 14.2 Å². The van der Waals surface area contributed by atoms with Crippen LogP contribution in [-0.2, 0) is 14.5 Å². The summed E-state index contributed by atoms with van der Waals surface area (Å²) in [7, 11) is 2.94. The van der Waals surface area contributed by atoms with Crippen LogP contribution in [0.5, 0.6) is 0 Å². The van der Waals surface area contributed by atoms with Crippen molar-refractivity contribution >= 4 is 24.9 Å². The summed E-state index contributed by atoms with van der Waals surface area (Å²) >= 11 is 0. The predicted octanol–water partition coefficient (Wildman–Crippen LogP) is 2.54. The van der Waals surface area contributed by atoms with Crippen LogP contribution < -0.4 is 11.6 Å². The summed E-state index contributed by atoms with van der Waals surface area (Å²) in [6, 6.07) is 0. The lowest BCUT2D eigenvalue weighted by Gasteiger charge is -1.78. The first-order chi connectivity index (χ1) is 8.16. The highest BCUT2D eigenvalue weighted by Gasteiger charge is 1.59. The van der Waals surface area contributed by atoms with Gasteiger partial charge in [0.25, 0.3) is 0 Å². The number of carbonyl (C=O) groups is 1. The van der Waals surface area contributed by atoms with Gasteiger partial charge < -0.3 is 20.2 Å². The lowest BCUT2D eigenvalue weighted by Crippen LogP contribution is -1.93. The molecule has 0 atom stereocenters. The molecule has 4 N–H and O–H groups in total. The van der Waals surface area contributed by atoms with E-state index < -0.39 is 0 Å². The molecule has 0 aliphatic heterocycles. The van der Waals surface area contributed by atoms with Crippen molar-refractivity contribution < 1.29 is 14.5 Å². The van der Waals surface area contributed by atoms with Gasteiger partial charge >= 0.3 is 0 Å². The molecule has 0 saturated heterocycles. The highest BCUT2D eigenvalue weighted by Crippen LogP contribution is 1.67. The molecule has 6 nitrogen and oxygen atoms in total. The lowest BCUT2D eigenvalue weighted by molar-refractivity contribution is -0.107. The Labute approximate surface area is 125 Å². The van der Waals surface area contributed by atoms with E-state index in [2.05, 4.69) is 27.7 Å². The highest BCUT2D eigenvalue weighted by molar-refractivity contribution is 5.85. The van der Waals surface area contributed by atoms with Crippen LogP contribution in [0.2, 0.25) is 0 Å². The highest BCUT2D eigenvalue weighted by atomic mass is 35.5. The minimum atomic E-state index is 0. The summed E-state index contributed by atoms with van der Waals surface area (Å²) < 4.78 is 0. The Morgan fingerprint density at radius 2 is 1.47 bits per heavy atom. The molecule has 0 fully saturated rings. The van der Waals surface area contributed by atoms with Gasteiger partial charge in [-0.15, -0.1) is 12.4 Å². The number of nitrogens with zero attached hydrogens (tertiary/aromatic N) is 1. The van der Waals surface area contributed by atoms with Crippen LogP contribution in [0.3, 0.4) is 0 Å². The third-order valence-corrected chi connectivity index (χ3v) is 0.818. The maximum absolute atomic E-state index is 9.17. The fraction of sp³-hybridized carbons (Fsp3) is 0.833. The fourth-order valence-electron chi connectivity index (χ4n) is 0.149. The molecule has 0 saturated carbocycles. The van der Waals surface area contributed by atoms with E-state index in [-0.39, 0.29) is 19.8 Å². The lowest BCUT2D eigenvalue weighted by atomic mass is 10.5. The second-order valence-electron chi connectivity index (χ2n) is 2.48. The van der Waals surface area contributed by atoms with E-state index in [4.69, 9.17) is 5.73 Å². The predicted molar refractivity (Wildman–Crippen MR) is 86.7 cm³/mol. The molecular formula is C12H34ClN3O3. The van der Waals surface area contributed by atoms with Gasteiger partial charge in [-0.1, -0.05) is 33.4 Å². The van der Waals surface area contributed by atoms with Gasteiger partial charge in [-0.2, -0.15) is 0 Å². The SMILES string of the molecule is C.CC/C=N/OC.CCC=O.CCCN.CON.Cl. The van der Waals surface area contributed by atoms with Gasteiger partial charge in [-0.3, -0.25) is 0 Å². The van der Waals surface area contributed by atoms with Gasteiger partial charge in [0.05, 0.1) is 7.11 Å². The van der Waals surface area contributed by atoms with Crippen molar-refractivity contribution in [3.63, 3.8) is 0 Å². The first kappa shape index (κ1) is 36.2. The molecule has 0 bridgehead atoms. The summed E-state index contributed by atoms with van der Waals surface area (Å²) in [4.78, 5) is 17.3. The molecule has 0 aromatic rings. The van der Waals surface area contributed by atoms with Gasteiger partial charge in [-0.05, 0) is 19.4 Å². The normalized spacial score (nSPS) is 6.89. The molecule has 0 aromatic heterocycles. The van der Waals surface area contributed by atoms with Gasteiger partial charge in [0.2, 0.25) is 0 Å². The second kappa shape index (κ2) is 66.7. The Balaban J connectivity index is -0.0000000296. The molecule has 0 aliphatic rings. The first-order valence-corrected chi connectivity index (χ1v) is 5.57. The van der Waals surface area contributed by atoms with Gasteiger partial charge in [-0.25, -0.2) is 5.90 Å². The number of rotatable bonds is 4. The molecule has 0 heterocycles. The average Bonchev–Trinajstić information content (AvgIpc) is 2.37. The van der Waals surface area contributed by atoms with Crippen LogP contribution in [0.4, 0.5) is 0 Å². The molecule has 0 unspecified atom stereocenters. The zero-order valence-corrected chi connectivity index (χ0v) is 13.0. The van der Waals surface area contributed by atoms with Crippen molar-refractivity contribution in [3.8, 4) is 0 Å². The Morgan fingerprint density at radius 1 is 1.16 bits per heavy atom. The second-order valence-corrected chi connectivity index (χ2v) is 2.48. The van der Waals surface area contributed by atoms with Crippen molar-refractivity contribution in [2.45, 2.75) is 47.5 Å². The van der Waals surface area contributed by atoms with Crippen molar-refractivity contribution in [1.29, 1.82) is 0 Å². The summed E-state index contributed by atoms with van der Waals surface area (Å²) in [6.45, 7) is 6.69. The number of carbonyl (C=O) groups excluding carboxylic acids is 1. The van der Waals surface area contributed by atoms with E-state index in [1.807, 2.05) is 13.8 Å². The molecule has 0 spiro atoms. The molecule has 0 rings (SSSR count). The molecule has 7 heteroatoms. The van der Waals surface area contributed by atoms with Crippen molar-refractivity contribution in [1.82, 2.24) is 0 Å². The zero-order valence-electron chi connectivity index (χ0n) is 12.2. The Morgan fingerprint density at radius 3 is 1.53 bits per heavy atom. The molecular weight excluding hydrogens is 270 g/mol. The van der Waals surface area contributed by atoms with Crippen LogP contribution in [0, 0.1) is 0 Å². The van der Waals surface area contributed by atoms with Gasteiger partial charge in [0.15, 0.2) is 0 Å². The number of hydrogen-bond donors (Lipinski definition) is 2. The summed E-state index contributed by atoms with van der Waals surface area (Å²) in [5.41, 5.74) is 5.03. The minimum absolute atomic E-state index is 0. The molecule has 19 heavy (non-hydrogen) atoms. The average molecular weight is 304 g/mol. The molecule has 0 aliphatic carbocycles. The van der Waals surface area contributed by atoms with Crippen molar-refractivity contribution in [2.24, 2.45) is 16.8 Å². The third kappa shape index (κ3) is 218. The smallest absolute Gasteiger partial charge is 0.119 e. The van der Waals surface area contributed by atoms with E-state index in [0.717, 1.165) is 25.7 Å². The number of hydrogen-bond acceptors (Lipinski definition) is 6. The summed E-state index contributed by atoms with van der Waals surface area (Å²) in [5, 5.41) is 3.47. The number of oxime groups is 1. The van der Waals surface area contributed by atoms with E-state index in [9.17, 15) is 4.79 Å².